The number of rotatable bonds is 6. The van der Waals surface area contributed by atoms with Crippen molar-refractivity contribution in [3.63, 3.8) is 0 Å². The van der Waals surface area contributed by atoms with E-state index in [1.54, 1.807) is 0 Å². The second-order valence-corrected chi connectivity index (χ2v) is 5.51. The van der Waals surface area contributed by atoms with Gasteiger partial charge in [-0.1, -0.05) is 37.3 Å². The van der Waals surface area contributed by atoms with Crippen LogP contribution in [0.2, 0.25) is 0 Å². The molecule has 2 unspecified atom stereocenters. The van der Waals surface area contributed by atoms with Crippen molar-refractivity contribution >= 4 is 0 Å². The highest BCUT2D eigenvalue weighted by atomic mass is 15.2. The molecule has 1 aromatic rings. The van der Waals surface area contributed by atoms with Gasteiger partial charge in [-0.3, -0.25) is 0 Å². The molecule has 0 spiro atoms. The van der Waals surface area contributed by atoms with Crippen molar-refractivity contribution in [2.75, 3.05) is 26.2 Å². The fourth-order valence-corrected chi connectivity index (χ4v) is 2.84. The van der Waals surface area contributed by atoms with Crippen molar-refractivity contribution in [3.8, 4) is 0 Å². The molecule has 100 valence electrons. The molecule has 1 heterocycles. The maximum absolute atomic E-state index is 3.57. The normalized spacial score (nSPS) is 22.2. The summed E-state index contributed by atoms with van der Waals surface area (Å²) in [4.78, 5) is 2.60. The van der Waals surface area contributed by atoms with Gasteiger partial charge >= 0.3 is 0 Å². The highest BCUT2D eigenvalue weighted by molar-refractivity contribution is 5.21. The first-order chi connectivity index (χ1) is 8.79. The number of nitrogens with zero attached hydrogens (tertiary/aromatic N) is 1. The monoisotopic (exact) mass is 246 g/mol. The highest BCUT2D eigenvalue weighted by Gasteiger charge is 2.24. The zero-order valence-electron chi connectivity index (χ0n) is 11.7. The van der Waals surface area contributed by atoms with E-state index in [4.69, 9.17) is 0 Å². The predicted molar refractivity (Wildman–Crippen MR) is 78.0 cm³/mol. The van der Waals surface area contributed by atoms with Crippen LogP contribution in [0.3, 0.4) is 0 Å². The average molecular weight is 246 g/mol. The lowest BCUT2D eigenvalue weighted by Crippen LogP contribution is -2.38. The molecule has 1 saturated heterocycles. The van der Waals surface area contributed by atoms with Crippen LogP contribution >= 0.6 is 0 Å². The van der Waals surface area contributed by atoms with Crippen LogP contribution in [0, 0.1) is 0 Å². The summed E-state index contributed by atoms with van der Waals surface area (Å²) in [7, 11) is 0. The Kier molecular flexibility index (Phi) is 5.21. The minimum atomic E-state index is 0.611. The molecule has 1 aliphatic heterocycles. The molecule has 2 rings (SSSR count). The van der Waals surface area contributed by atoms with E-state index >= 15 is 0 Å². The van der Waals surface area contributed by atoms with Gasteiger partial charge in [0, 0.05) is 19.1 Å². The fraction of sp³-hybridized carbons (Fsp3) is 0.625. The molecule has 1 aliphatic rings. The molecule has 0 radical (unpaired) electrons. The largest absolute Gasteiger partial charge is 0.313 e. The van der Waals surface area contributed by atoms with E-state index in [0.29, 0.717) is 6.04 Å². The molecule has 1 aromatic carbocycles. The second kappa shape index (κ2) is 6.91. The van der Waals surface area contributed by atoms with Crippen LogP contribution in [0.5, 0.6) is 0 Å². The minimum absolute atomic E-state index is 0.611. The molecule has 0 aliphatic carbocycles. The lowest BCUT2D eigenvalue weighted by molar-refractivity contribution is 0.296. The summed E-state index contributed by atoms with van der Waals surface area (Å²) in [6.07, 6.45) is 2.53. The van der Waals surface area contributed by atoms with E-state index in [0.717, 1.165) is 12.5 Å². The van der Waals surface area contributed by atoms with Gasteiger partial charge in [-0.25, -0.2) is 0 Å². The summed E-state index contributed by atoms with van der Waals surface area (Å²) in [5.74, 6) is 0.740. The summed E-state index contributed by atoms with van der Waals surface area (Å²) < 4.78 is 0. The van der Waals surface area contributed by atoms with Crippen LogP contribution in [0.1, 0.15) is 38.2 Å². The number of hydrogen-bond acceptors (Lipinski definition) is 2. The quantitative estimate of drug-likeness (QED) is 0.830. The summed E-state index contributed by atoms with van der Waals surface area (Å²) in [6.45, 7) is 9.31. The predicted octanol–water partition coefficient (Wildman–Crippen LogP) is 2.86. The third-order valence-corrected chi connectivity index (χ3v) is 3.82. The first-order valence-electron chi connectivity index (χ1n) is 7.30. The molecule has 2 heteroatoms. The Morgan fingerprint density at radius 2 is 2.11 bits per heavy atom. The van der Waals surface area contributed by atoms with Gasteiger partial charge < -0.3 is 10.2 Å². The van der Waals surface area contributed by atoms with Crippen LogP contribution in [0.4, 0.5) is 0 Å². The van der Waals surface area contributed by atoms with E-state index < -0.39 is 0 Å². The van der Waals surface area contributed by atoms with Crippen molar-refractivity contribution in [1.82, 2.24) is 10.2 Å². The molecule has 2 nitrogen and oxygen atoms in total. The van der Waals surface area contributed by atoms with Crippen molar-refractivity contribution in [2.45, 2.75) is 38.6 Å². The van der Waals surface area contributed by atoms with Crippen molar-refractivity contribution in [1.29, 1.82) is 0 Å². The van der Waals surface area contributed by atoms with Crippen LogP contribution in [0.15, 0.2) is 30.3 Å². The Labute approximate surface area is 111 Å². The molecule has 0 saturated carbocycles. The SMILES string of the molecule is CCCNC(C)CN1CCC(c2ccccc2)C1. The summed E-state index contributed by atoms with van der Waals surface area (Å²) in [5.41, 5.74) is 1.51. The van der Waals surface area contributed by atoms with Gasteiger partial charge in [0.25, 0.3) is 0 Å². The van der Waals surface area contributed by atoms with Gasteiger partial charge in [0.15, 0.2) is 0 Å². The first-order valence-corrected chi connectivity index (χ1v) is 7.30. The minimum Gasteiger partial charge on any atom is -0.313 e. The Morgan fingerprint density at radius 1 is 1.33 bits per heavy atom. The molecule has 1 N–H and O–H groups in total. The van der Waals surface area contributed by atoms with Crippen molar-refractivity contribution < 1.29 is 0 Å². The van der Waals surface area contributed by atoms with Crippen molar-refractivity contribution in [2.24, 2.45) is 0 Å². The number of likely N-dealkylation sites (tertiary alicyclic amines) is 1. The molecule has 0 amide bonds. The second-order valence-electron chi connectivity index (χ2n) is 5.51. The molecule has 0 aromatic heterocycles. The number of nitrogens with one attached hydrogen (secondary N) is 1. The molecule has 2 atom stereocenters. The maximum atomic E-state index is 3.57. The molecule has 18 heavy (non-hydrogen) atoms. The third kappa shape index (κ3) is 3.82. The van der Waals surface area contributed by atoms with Crippen LogP contribution in [-0.2, 0) is 0 Å². The van der Waals surface area contributed by atoms with E-state index in [2.05, 4.69) is 54.4 Å². The van der Waals surface area contributed by atoms with E-state index in [1.807, 2.05) is 0 Å². The Bertz CT molecular complexity index is 336. The van der Waals surface area contributed by atoms with E-state index in [1.165, 1.54) is 38.0 Å². The van der Waals surface area contributed by atoms with Gasteiger partial charge in [0.05, 0.1) is 0 Å². The molecular formula is C16H26N2. The number of benzene rings is 1. The summed E-state index contributed by atoms with van der Waals surface area (Å²) in [6, 6.07) is 11.6. The van der Waals surface area contributed by atoms with Crippen LogP contribution in [-0.4, -0.2) is 37.1 Å². The first kappa shape index (κ1) is 13.6. The topological polar surface area (TPSA) is 15.3 Å². The highest BCUT2D eigenvalue weighted by Crippen LogP contribution is 2.26. The Hall–Kier alpha value is -0.860. The number of hydrogen-bond donors (Lipinski definition) is 1. The van der Waals surface area contributed by atoms with Gasteiger partial charge in [-0.2, -0.15) is 0 Å². The zero-order valence-corrected chi connectivity index (χ0v) is 11.7. The van der Waals surface area contributed by atoms with Gasteiger partial charge in [0.1, 0.15) is 0 Å². The standard InChI is InChI=1S/C16H26N2/c1-3-10-17-14(2)12-18-11-9-16(13-18)15-7-5-4-6-8-15/h4-8,14,16-17H,3,9-13H2,1-2H3. The lowest BCUT2D eigenvalue weighted by Gasteiger charge is -2.21. The van der Waals surface area contributed by atoms with E-state index in [-0.39, 0.29) is 0 Å². The average Bonchev–Trinajstić information content (AvgIpc) is 2.86. The smallest absolute Gasteiger partial charge is 0.0166 e. The van der Waals surface area contributed by atoms with Gasteiger partial charge in [-0.15, -0.1) is 0 Å². The maximum Gasteiger partial charge on any atom is 0.0166 e. The Balaban J connectivity index is 1.78. The van der Waals surface area contributed by atoms with E-state index in [9.17, 15) is 0 Å². The van der Waals surface area contributed by atoms with Crippen LogP contribution in [0.25, 0.3) is 0 Å². The molecular weight excluding hydrogens is 220 g/mol. The zero-order chi connectivity index (χ0) is 12.8. The molecule has 1 fully saturated rings. The van der Waals surface area contributed by atoms with Crippen molar-refractivity contribution in [3.05, 3.63) is 35.9 Å². The fourth-order valence-electron chi connectivity index (χ4n) is 2.84. The lowest BCUT2D eigenvalue weighted by atomic mass is 9.99. The van der Waals surface area contributed by atoms with Gasteiger partial charge in [-0.05, 0) is 44.3 Å². The van der Waals surface area contributed by atoms with Gasteiger partial charge in [0.2, 0.25) is 0 Å². The third-order valence-electron chi connectivity index (χ3n) is 3.82. The van der Waals surface area contributed by atoms with Crippen LogP contribution < -0.4 is 5.32 Å². The summed E-state index contributed by atoms with van der Waals surface area (Å²) >= 11 is 0. The molecule has 0 bridgehead atoms. The summed E-state index contributed by atoms with van der Waals surface area (Å²) in [5, 5.41) is 3.57. The Morgan fingerprint density at radius 3 is 2.83 bits per heavy atom.